The molecule has 0 saturated carbocycles. The molecule has 5 heteroatoms. The summed E-state index contributed by atoms with van der Waals surface area (Å²) >= 11 is 0. The second-order valence-electron chi connectivity index (χ2n) is 5.39. The van der Waals surface area contributed by atoms with Crippen molar-refractivity contribution >= 4 is 17.9 Å². The highest BCUT2D eigenvalue weighted by Crippen LogP contribution is 2.15. The Labute approximate surface area is 133 Å². The van der Waals surface area contributed by atoms with Crippen LogP contribution in [0.2, 0.25) is 0 Å². The molecule has 0 aliphatic carbocycles. The Morgan fingerprint density at radius 1 is 0.826 bits per heavy atom. The van der Waals surface area contributed by atoms with Crippen LogP contribution in [0.3, 0.4) is 0 Å². The van der Waals surface area contributed by atoms with Crippen molar-refractivity contribution in [3.8, 4) is 0 Å². The maximum absolute atomic E-state index is 12.1. The van der Waals surface area contributed by atoms with Gasteiger partial charge in [0, 0.05) is 0 Å². The van der Waals surface area contributed by atoms with E-state index in [2.05, 4.69) is 0 Å². The minimum atomic E-state index is -1.15. The standard InChI is InChI=1S/C18H16O5/c1-10-4-5-15(12(3)6-10)18(22)23-17(21)14-8-11(2)7-13(9-14)16(19)20/h4-9H,1-3H3,(H,19,20). The molecule has 2 aromatic rings. The Morgan fingerprint density at radius 2 is 1.48 bits per heavy atom. The summed E-state index contributed by atoms with van der Waals surface area (Å²) in [6.45, 7) is 5.31. The molecule has 0 fully saturated rings. The van der Waals surface area contributed by atoms with E-state index in [1.54, 1.807) is 26.0 Å². The minimum Gasteiger partial charge on any atom is -0.478 e. The molecule has 0 spiro atoms. The first-order valence-corrected chi connectivity index (χ1v) is 6.96. The van der Waals surface area contributed by atoms with Crippen LogP contribution in [-0.4, -0.2) is 23.0 Å². The van der Waals surface area contributed by atoms with Gasteiger partial charge >= 0.3 is 17.9 Å². The zero-order chi connectivity index (χ0) is 17.1. The SMILES string of the molecule is Cc1cc(C(=O)O)cc(C(=O)OC(=O)c2ccc(C)cc2C)c1. The van der Waals surface area contributed by atoms with Gasteiger partial charge in [-0.1, -0.05) is 17.7 Å². The van der Waals surface area contributed by atoms with Gasteiger partial charge in [0.1, 0.15) is 0 Å². The van der Waals surface area contributed by atoms with Gasteiger partial charge < -0.3 is 9.84 Å². The minimum absolute atomic E-state index is 0.0283. The van der Waals surface area contributed by atoms with Gasteiger partial charge in [0.2, 0.25) is 0 Å². The largest absolute Gasteiger partial charge is 0.478 e. The summed E-state index contributed by atoms with van der Waals surface area (Å²) in [5.74, 6) is -2.78. The number of rotatable bonds is 3. The van der Waals surface area contributed by atoms with Crippen molar-refractivity contribution in [1.82, 2.24) is 0 Å². The van der Waals surface area contributed by atoms with Crippen molar-refractivity contribution in [3.05, 3.63) is 69.8 Å². The molecule has 5 nitrogen and oxygen atoms in total. The van der Waals surface area contributed by atoms with Crippen LogP contribution in [0.4, 0.5) is 0 Å². The molecule has 0 bridgehead atoms. The molecule has 2 aromatic carbocycles. The first-order valence-electron chi connectivity index (χ1n) is 6.96. The van der Waals surface area contributed by atoms with E-state index in [9.17, 15) is 14.4 Å². The molecule has 23 heavy (non-hydrogen) atoms. The zero-order valence-corrected chi connectivity index (χ0v) is 13.0. The fraction of sp³-hybridized carbons (Fsp3) is 0.167. The molecule has 2 rings (SSSR count). The number of carbonyl (C=O) groups excluding carboxylic acids is 2. The molecular formula is C18H16O5. The molecule has 0 saturated heterocycles. The summed E-state index contributed by atoms with van der Waals surface area (Å²) < 4.78 is 4.86. The summed E-state index contributed by atoms with van der Waals surface area (Å²) in [7, 11) is 0. The summed E-state index contributed by atoms with van der Waals surface area (Å²) in [4.78, 5) is 35.2. The molecule has 0 aliphatic rings. The van der Waals surface area contributed by atoms with E-state index in [1.807, 2.05) is 13.0 Å². The molecule has 0 aliphatic heterocycles. The van der Waals surface area contributed by atoms with Crippen LogP contribution >= 0.6 is 0 Å². The van der Waals surface area contributed by atoms with Crippen LogP contribution in [0, 0.1) is 20.8 Å². The highest BCUT2D eigenvalue weighted by Gasteiger charge is 2.18. The third-order valence-corrected chi connectivity index (χ3v) is 3.35. The smallest absolute Gasteiger partial charge is 0.346 e. The second kappa shape index (κ2) is 6.44. The Morgan fingerprint density at radius 3 is 2.09 bits per heavy atom. The third kappa shape index (κ3) is 3.83. The number of carboxylic acid groups (broad SMARTS) is 1. The van der Waals surface area contributed by atoms with Gasteiger partial charge in [-0.2, -0.15) is 0 Å². The summed E-state index contributed by atoms with van der Waals surface area (Å²) in [6.07, 6.45) is 0. The van der Waals surface area contributed by atoms with E-state index < -0.39 is 17.9 Å². The molecular weight excluding hydrogens is 296 g/mol. The number of ether oxygens (including phenoxy) is 1. The lowest BCUT2D eigenvalue weighted by Gasteiger charge is -2.08. The molecule has 0 amide bonds. The quantitative estimate of drug-likeness (QED) is 0.694. The lowest BCUT2D eigenvalue weighted by molar-refractivity contribution is 0.0397. The maximum Gasteiger partial charge on any atom is 0.346 e. The Bertz CT molecular complexity index is 805. The van der Waals surface area contributed by atoms with E-state index >= 15 is 0 Å². The van der Waals surface area contributed by atoms with Crippen LogP contribution < -0.4 is 0 Å². The van der Waals surface area contributed by atoms with Gasteiger partial charge in [-0.05, 0) is 56.2 Å². The first-order chi connectivity index (χ1) is 10.8. The van der Waals surface area contributed by atoms with E-state index in [1.165, 1.54) is 18.2 Å². The average Bonchev–Trinajstić information content (AvgIpc) is 2.46. The lowest BCUT2D eigenvalue weighted by Crippen LogP contribution is -2.15. The van der Waals surface area contributed by atoms with E-state index in [0.717, 1.165) is 5.56 Å². The van der Waals surface area contributed by atoms with E-state index in [-0.39, 0.29) is 11.1 Å². The number of benzene rings is 2. The summed E-state index contributed by atoms with van der Waals surface area (Å²) in [5.41, 5.74) is 2.59. The number of esters is 2. The van der Waals surface area contributed by atoms with Gasteiger partial charge in [0.25, 0.3) is 0 Å². The molecule has 0 atom stereocenters. The van der Waals surface area contributed by atoms with Crippen molar-refractivity contribution < 1.29 is 24.2 Å². The third-order valence-electron chi connectivity index (χ3n) is 3.35. The van der Waals surface area contributed by atoms with Gasteiger partial charge in [-0.25, -0.2) is 14.4 Å². The molecule has 0 heterocycles. The van der Waals surface area contributed by atoms with E-state index in [0.29, 0.717) is 16.7 Å². The summed E-state index contributed by atoms with van der Waals surface area (Å²) in [6, 6.07) is 9.26. The van der Waals surface area contributed by atoms with Crippen molar-refractivity contribution in [2.75, 3.05) is 0 Å². The van der Waals surface area contributed by atoms with E-state index in [4.69, 9.17) is 9.84 Å². The monoisotopic (exact) mass is 312 g/mol. The van der Waals surface area contributed by atoms with Gasteiger partial charge in [0.05, 0.1) is 16.7 Å². The molecule has 0 aromatic heterocycles. The van der Waals surface area contributed by atoms with Crippen LogP contribution in [-0.2, 0) is 4.74 Å². The number of aryl methyl sites for hydroxylation is 3. The van der Waals surface area contributed by atoms with Crippen molar-refractivity contribution in [2.45, 2.75) is 20.8 Å². The Balaban J connectivity index is 2.25. The fourth-order valence-corrected chi connectivity index (χ4v) is 2.27. The van der Waals surface area contributed by atoms with Crippen molar-refractivity contribution in [1.29, 1.82) is 0 Å². The van der Waals surface area contributed by atoms with Crippen LogP contribution in [0.1, 0.15) is 47.8 Å². The van der Waals surface area contributed by atoms with Gasteiger partial charge in [-0.15, -0.1) is 0 Å². The summed E-state index contributed by atoms with van der Waals surface area (Å²) in [5, 5.41) is 9.02. The van der Waals surface area contributed by atoms with Gasteiger partial charge in [0.15, 0.2) is 0 Å². The molecule has 0 unspecified atom stereocenters. The highest BCUT2D eigenvalue weighted by molar-refractivity contribution is 6.04. The Hall–Kier alpha value is -2.95. The number of carboxylic acids is 1. The molecule has 1 N–H and O–H groups in total. The predicted molar refractivity (Wildman–Crippen MR) is 83.8 cm³/mol. The predicted octanol–water partition coefficient (Wildman–Crippen LogP) is 3.31. The molecule has 0 radical (unpaired) electrons. The number of carbonyl (C=O) groups is 3. The number of hydrogen-bond acceptors (Lipinski definition) is 4. The number of aromatic carboxylic acids is 1. The second-order valence-corrected chi connectivity index (χ2v) is 5.39. The number of hydrogen-bond donors (Lipinski definition) is 1. The van der Waals surface area contributed by atoms with Crippen molar-refractivity contribution in [2.24, 2.45) is 0 Å². The van der Waals surface area contributed by atoms with Crippen LogP contribution in [0.15, 0.2) is 36.4 Å². The average molecular weight is 312 g/mol. The fourth-order valence-electron chi connectivity index (χ4n) is 2.27. The van der Waals surface area contributed by atoms with Gasteiger partial charge in [-0.3, -0.25) is 0 Å². The van der Waals surface area contributed by atoms with Crippen molar-refractivity contribution in [3.63, 3.8) is 0 Å². The Kier molecular flexibility index (Phi) is 4.60. The van der Waals surface area contributed by atoms with Crippen LogP contribution in [0.25, 0.3) is 0 Å². The van der Waals surface area contributed by atoms with Crippen LogP contribution in [0.5, 0.6) is 0 Å². The molecule has 118 valence electrons. The maximum atomic E-state index is 12.1. The highest BCUT2D eigenvalue weighted by atomic mass is 16.6. The first kappa shape index (κ1) is 16.4. The lowest BCUT2D eigenvalue weighted by atomic mass is 10.1. The topological polar surface area (TPSA) is 80.7 Å². The zero-order valence-electron chi connectivity index (χ0n) is 13.0. The normalized spacial score (nSPS) is 10.2.